The van der Waals surface area contributed by atoms with Crippen LogP contribution < -0.4 is 4.74 Å². The second-order valence-corrected chi connectivity index (χ2v) is 9.64. The van der Waals surface area contributed by atoms with Crippen LogP contribution in [0.15, 0.2) is 66.9 Å². The first-order chi connectivity index (χ1) is 17.8. The van der Waals surface area contributed by atoms with Crippen molar-refractivity contribution in [1.82, 2.24) is 14.8 Å². The number of benzene rings is 2. The minimum atomic E-state index is -0.436. The zero-order valence-corrected chi connectivity index (χ0v) is 21.3. The summed E-state index contributed by atoms with van der Waals surface area (Å²) >= 11 is 0. The molecule has 0 aliphatic carbocycles. The van der Waals surface area contributed by atoms with Gasteiger partial charge in [0.05, 0.1) is 25.6 Å². The van der Waals surface area contributed by atoms with Crippen LogP contribution in [-0.4, -0.2) is 70.6 Å². The summed E-state index contributed by atoms with van der Waals surface area (Å²) in [6.07, 6.45) is 1.43. The lowest BCUT2D eigenvalue weighted by Gasteiger charge is -2.37. The molecule has 0 bridgehead atoms. The van der Waals surface area contributed by atoms with Gasteiger partial charge in [-0.1, -0.05) is 49.4 Å². The molecular weight excluding hydrogens is 473 g/mol. The Kier molecular flexibility index (Phi) is 8.18. The van der Waals surface area contributed by atoms with E-state index in [1.165, 1.54) is 12.1 Å². The SMILES string of the molecule is C[C@@H]1CN([C@@H](C)CO)C(=O)c2cc(-c3ccc(F)cc3)cnc2O[C@@H]1CN(C)C(=O)Cc1ccccc1. The first kappa shape index (κ1) is 26.3. The van der Waals surface area contributed by atoms with Gasteiger partial charge in [0.2, 0.25) is 11.8 Å². The summed E-state index contributed by atoms with van der Waals surface area (Å²) in [7, 11) is 1.74. The first-order valence-corrected chi connectivity index (χ1v) is 12.4. The number of carbonyl (C=O) groups excluding carboxylic acids is 2. The van der Waals surface area contributed by atoms with Gasteiger partial charge in [0.25, 0.3) is 5.91 Å². The molecule has 0 spiro atoms. The fraction of sp³-hybridized carbons (Fsp3) is 0.345. The van der Waals surface area contributed by atoms with E-state index in [1.807, 2.05) is 37.3 Å². The number of ether oxygens (including phenoxy) is 1. The number of hydrogen-bond acceptors (Lipinski definition) is 5. The van der Waals surface area contributed by atoms with Gasteiger partial charge in [-0.05, 0) is 36.2 Å². The number of fused-ring (bicyclic) bond motifs is 1. The molecule has 1 N–H and O–H groups in total. The Labute approximate surface area is 216 Å². The van der Waals surface area contributed by atoms with Crippen LogP contribution >= 0.6 is 0 Å². The molecule has 0 radical (unpaired) electrons. The summed E-state index contributed by atoms with van der Waals surface area (Å²) in [5.74, 6) is -0.663. The van der Waals surface area contributed by atoms with E-state index in [1.54, 1.807) is 48.2 Å². The summed E-state index contributed by atoms with van der Waals surface area (Å²) in [5, 5.41) is 9.85. The molecule has 1 aromatic heterocycles. The first-order valence-electron chi connectivity index (χ1n) is 12.4. The minimum absolute atomic E-state index is 0.0411. The van der Waals surface area contributed by atoms with Gasteiger partial charge in [-0.15, -0.1) is 0 Å². The number of likely N-dealkylation sites (N-methyl/N-ethyl adjacent to an activating group) is 1. The molecule has 3 aromatic rings. The zero-order chi connectivity index (χ0) is 26.5. The number of aliphatic hydroxyl groups is 1. The molecule has 1 aliphatic rings. The van der Waals surface area contributed by atoms with Crippen LogP contribution in [0.3, 0.4) is 0 Å². The van der Waals surface area contributed by atoms with Gasteiger partial charge in [0.1, 0.15) is 17.5 Å². The normalized spacial score (nSPS) is 18.3. The highest BCUT2D eigenvalue weighted by Crippen LogP contribution is 2.30. The number of amides is 2. The third-order valence-corrected chi connectivity index (χ3v) is 6.78. The van der Waals surface area contributed by atoms with E-state index >= 15 is 0 Å². The smallest absolute Gasteiger partial charge is 0.259 e. The fourth-order valence-corrected chi connectivity index (χ4v) is 4.40. The Morgan fingerprint density at radius 3 is 2.57 bits per heavy atom. The van der Waals surface area contributed by atoms with Crippen molar-refractivity contribution in [1.29, 1.82) is 0 Å². The Balaban J connectivity index is 1.63. The molecule has 4 rings (SSSR count). The summed E-state index contributed by atoms with van der Waals surface area (Å²) in [5.41, 5.74) is 2.55. The average Bonchev–Trinajstić information content (AvgIpc) is 2.91. The summed E-state index contributed by atoms with van der Waals surface area (Å²) in [6.45, 7) is 4.20. The Morgan fingerprint density at radius 1 is 1.19 bits per heavy atom. The summed E-state index contributed by atoms with van der Waals surface area (Å²) in [6, 6.07) is 16.8. The number of aliphatic hydroxyl groups excluding tert-OH is 1. The molecular formula is C29H32FN3O4. The predicted octanol–water partition coefficient (Wildman–Crippen LogP) is 3.81. The number of carbonyl (C=O) groups is 2. The molecule has 194 valence electrons. The van der Waals surface area contributed by atoms with Crippen LogP contribution in [0, 0.1) is 11.7 Å². The molecule has 0 saturated carbocycles. The number of aromatic nitrogens is 1. The number of halogens is 1. The van der Waals surface area contributed by atoms with Crippen LogP contribution in [-0.2, 0) is 11.2 Å². The topological polar surface area (TPSA) is 83.0 Å². The Bertz CT molecular complexity index is 1240. The van der Waals surface area contributed by atoms with Crippen molar-refractivity contribution in [3.8, 4) is 17.0 Å². The second-order valence-electron chi connectivity index (χ2n) is 9.64. The standard InChI is InChI=1S/C29H32FN3O4/c1-19-16-33(20(2)18-34)29(36)25-14-23(22-9-11-24(30)12-10-22)15-31-28(25)37-26(19)17-32(3)27(35)13-21-7-5-4-6-8-21/h4-12,14-15,19-20,26,34H,13,16-18H2,1-3H3/t19-,20+,26-/m1/s1. The third kappa shape index (κ3) is 6.14. The van der Waals surface area contributed by atoms with Crippen molar-refractivity contribution in [2.75, 3.05) is 26.7 Å². The highest BCUT2D eigenvalue weighted by Gasteiger charge is 2.34. The van der Waals surface area contributed by atoms with Gasteiger partial charge < -0.3 is 19.6 Å². The number of rotatable bonds is 7. The second kappa shape index (κ2) is 11.5. The van der Waals surface area contributed by atoms with Gasteiger partial charge in [0.15, 0.2) is 0 Å². The fourth-order valence-electron chi connectivity index (χ4n) is 4.40. The maximum atomic E-state index is 13.6. The van der Waals surface area contributed by atoms with Crippen LogP contribution in [0.5, 0.6) is 5.88 Å². The van der Waals surface area contributed by atoms with E-state index in [-0.39, 0.29) is 48.0 Å². The van der Waals surface area contributed by atoms with Gasteiger partial charge in [-0.25, -0.2) is 9.37 Å². The van der Waals surface area contributed by atoms with Gasteiger partial charge in [-0.2, -0.15) is 0 Å². The minimum Gasteiger partial charge on any atom is -0.472 e. The van der Waals surface area contributed by atoms with Gasteiger partial charge in [-0.3, -0.25) is 9.59 Å². The van der Waals surface area contributed by atoms with Crippen molar-refractivity contribution >= 4 is 11.8 Å². The van der Waals surface area contributed by atoms with Crippen LogP contribution in [0.4, 0.5) is 4.39 Å². The monoisotopic (exact) mass is 505 g/mol. The molecule has 0 unspecified atom stereocenters. The largest absolute Gasteiger partial charge is 0.472 e. The lowest BCUT2D eigenvalue weighted by molar-refractivity contribution is -0.130. The van der Waals surface area contributed by atoms with Crippen LogP contribution in [0.1, 0.15) is 29.8 Å². The third-order valence-electron chi connectivity index (χ3n) is 6.78. The molecule has 7 nitrogen and oxygen atoms in total. The molecule has 0 saturated heterocycles. The van der Waals surface area contributed by atoms with Crippen molar-refractivity contribution in [3.05, 3.63) is 83.8 Å². The maximum absolute atomic E-state index is 13.6. The van der Waals surface area contributed by atoms with E-state index in [0.717, 1.165) is 5.56 Å². The Hall–Kier alpha value is -3.78. The molecule has 8 heteroatoms. The van der Waals surface area contributed by atoms with Crippen LogP contribution in [0.2, 0.25) is 0 Å². The number of pyridine rings is 1. The maximum Gasteiger partial charge on any atom is 0.259 e. The summed E-state index contributed by atoms with van der Waals surface area (Å²) in [4.78, 5) is 34.2. The molecule has 0 fully saturated rings. The molecule has 1 aliphatic heterocycles. The predicted molar refractivity (Wildman–Crippen MR) is 139 cm³/mol. The van der Waals surface area contributed by atoms with Gasteiger partial charge in [0, 0.05) is 31.3 Å². The molecule has 3 atom stereocenters. The van der Waals surface area contributed by atoms with Crippen molar-refractivity contribution in [3.63, 3.8) is 0 Å². The van der Waals surface area contributed by atoms with E-state index in [4.69, 9.17) is 4.74 Å². The van der Waals surface area contributed by atoms with E-state index in [9.17, 15) is 19.1 Å². The number of hydrogen-bond donors (Lipinski definition) is 1. The molecule has 2 heterocycles. The lowest BCUT2D eigenvalue weighted by atomic mass is 9.99. The average molecular weight is 506 g/mol. The van der Waals surface area contributed by atoms with E-state index in [0.29, 0.717) is 24.2 Å². The number of nitrogens with zero attached hydrogens (tertiary/aromatic N) is 3. The Morgan fingerprint density at radius 2 is 1.89 bits per heavy atom. The molecule has 2 amide bonds. The van der Waals surface area contributed by atoms with E-state index in [2.05, 4.69) is 4.98 Å². The molecule has 37 heavy (non-hydrogen) atoms. The van der Waals surface area contributed by atoms with Crippen molar-refractivity contribution in [2.45, 2.75) is 32.4 Å². The molecule has 2 aromatic carbocycles. The van der Waals surface area contributed by atoms with E-state index < -0.39 is 12.1 Å². The highest BCUT2D eigenvalue weighted by molar-refractivity contribution is 5.98. The summed E-state index contributed by atoms with van der Waals surface area (Å²) < 4.78 is 19.7. The highest BCUT2D eigenvalue weighted by atomic mass is 19.1. The van der Waals surface area contributed by atoms with Crippen molar-refractivity contribution in [2.24, 2.45) is 5.92 Å². The quantitative estimate of drug-likeness (QED) is 0.528. The lowest BCUT2D eigenvalue weighted by Crippen LogP contribution is -2.50. The van der Waals surface area contributed by atoms with Crippen LogP contribution in [0.25, 0.3) is 11.1 Å². The zero-order valence-electron chi connectivity index (χ0n) is 21.3. The van der Waals surface area contributed by atoms with Crippen molar-refractivity contribution < 1.29 is 23.8 Å². The van der Waals surface area contributed by atoms with Gasteiger partial charge >= 0.3 is 0 Å².